The molecule has 0 aliphatic rings. The summed E-state index contributed by atoms with van der Waals surface area (Å²) < 4.78 is 11.0. The number of fused-ring (bicyclic) bond motifs is 2. The largest absolute Gasteiger partial charge is 0.422 e. The van der Waals surface area contributed by atoms with Gasteiger partial charge in [-0.05, 0) is 23.3 Å². The maximum absolute atomic E-state index is 12.6. The minimum absolute atomic E-state index is 0.359. The standard InChI is InChI=1S/C24H14O4/c25-22-14-19(15-7-2-1-3-8-15)17-10-6-11-18(23(17)28-22)20-13-16-9-4-5-12-21(16)27-24(20)26/h1-14H. The molecule has 0 bridgehead atoms. The lowest BCUT2D eigenvalue weighted by molar-refractivity contribution is 0.556. The summed E-state index contributed by atoms with van der Waals surface area (Å²) in [5, 5.41) is 1.56. The van der Waals surface area contributed by atoms with Gasteiger partial charge in [0.1, 0.15) is 11.2 Å². The molecule has 28 heavy (non-hydrogen) atoms. The fraction of sp³-hybridized carbons (Fsp3) is 0. The van der Waals surface area contributed by atoms with Gasteiger partial charge >= 0.3 is 11.3 Å². The van der Waals surface area contributed by atoms with E-state index in [1.165, 1.54) is 6.07 Å². The minimum atomic E-state index is -0.473. The van der Waals surface area contributed by atoms with Crippen LogP contribution >= 0.6 is 0 Å². The number of rotatable bonds is 2. The summed E-state index contributed by atoms with van der Waals surface area (Å²) in [5.74, 6) is 0. The first kappa shape index (κ1) is 16.3. The van der Waals surface area contributed by atoms with Gasteiger partial charge in [-0.1, -0.05) is 66.7 Å². The lowest BCUT2D eigenvalue weighted by Crippen LogP contribution is -2.05. The van der Waals surface area contributed by atoms with Crippen molar-refractivity contribution in [3.63, 3.8) is 0 Å². The molecule has 0 saturated carbocycles. The van der Waals surface area contributed by atoms with Crippen LogP contribution in [-0.4, -0.2) is 0 Å². The molecule has 4 heteroatoms. The topological polar surface area (TPSA) is 60.4 Å². The quantitative estimate of drug-likeness (QED) is 0.401. The van der Waals surface area contributed by atoms with Crippen LogP contribution in [0.2, 0.25) is 0 Å². The van der Waals surface area contributed by atoms with Gasteiger partial charge < -0.3 is 8.83 Å². The van der Waals surface area contributed by atoms with Crippen LogP contribution in [0.4, 0.5) is 0 Å². The van der Waals surface area contributed by atoms with E-state index in [-0.39, 0.29) is 0 Å². The molecule has 3 aromatic carbocycles. The summed E-state index contributed by atoms with van der Waals surface area (Å²) in [6.07, 6.45) is 0. The van der Waals surface area contributed by atoms with Crippen molar-refractivity contribution in [2.24, 2.45) is 0 Å². The van der Waals surface area contributed by atoms with Gasteiger partial charge in [-0.25, -0.2) is 9.59 Å². The highest BCUT2D eigenvalue weighted by Crippen LogP contribution is 2.33. The van der Waals surface area contributed by atoms with E-state index < -0.39 is 11.3 Å². The van der Waals surface area contributed by atoms with Gasteiger partial charge in [-0.15, -0.1) is 0 Å². The third-order valence-corrected chi connectivity index (χ3v) is 4.79. The number of benzene rings is 3. The molecule has 0 radical (unpaired) electrons. The maximum Gasteiger partial charge on any atom is 0.344 e. The zero-order valence-corrected chi connectivity index (χ0v) is 14.7. The Hall–Kier alpha value is -3.92. The Morgan fingerprint density at radius 3 is 2.25 bits per heavy atom. The Morgan fingerprint density at radius 1 is 0.607 bits per heavy atom. The Bertz CT molecular complexity index is 1440. The van der Waals surface area contributed by atoms with Gasteiger partial charge in [0.05, 0.1) is 5.56 Å². The van der Waals surface area contributed by atoms with Crippen LogP contribution in [0.3, 0.4) is 0 Å². The predicted octanol–water partition coefficient (Wildman–Crippen LogP) is 5.23. The fourth-order valence-electron chi connectivity index (χ4n) is 3.50. The highest BCUT2D eigenvalue weighted by Gasteiger charge is 2.15. The SMILES string of the molecule is O=c1cc(-c2ccccc2)c2cccc(-c3cc4ccccc4oc3=O)c2o1. The van der Waals surface area contributed by atoms with E-state index in [0.717, 1.165) is 21.9 Å². The van der Waals surface area contributed by atoms with Crippen LogP contribution in [-0.2, 0) is 0 Å². The molecule has 5 rings (SSSR count). The van der Waals surface area contributed by atoms with Crippen LogP contribution in [0.5, 0.6) is 0 Å². The molecule has 134 valence electrons. The first-order valence-corrected chi connectivity index (χ1v) is 8.86. The van der Waals surface area contributed by atoms with E-state index in [4.69, 9.17) is 8.83 Å². The molecule has 0 atom stereocenters. The number of hydrogen-bond acceptors (Lipinski definition) is 4. The van der Waals surface area contributed by atoms with Crippen molar-refractivity contribution in [3.05, 3.63) is 106 Å². The average molecular weight is 366 g/mol. The van der Waals surface area contributed by atoms with Crippen molar-refractivity contribution in [1.29, 1.82) is 0 Å². The summed E-state index contributed by atoms with van der Waals surface area (Å²) in [6, 6.07) is 25.7. The monoisotopic (exact) mass is 366 g/mol. The highest BCUT2D eigenvalue weighted by atomic mass is 16.4. The van der Waals surface area contributed by atoms with Crippen LogP contribution in [0, 0.1) is 0 Å². The summed E-state index contributed by atoms with van der Waals surface area (Å²) in [5.41, 5.74) is 2.51. The molecule has 0 N–H and O–H groups in total. The van der Waals surface area contributed by atoms with E-state index in [9.17, 15) is 9.59 Å². The van der Waals surface area contributed by atoms with Crippen LogP contribution in [0.25, 0.3) is 44.2 Å². The number of para-hydroxylation sites is 2. The molecule has 0 amide bonds. The predicted molar refractivity (Wildman–Crippen MR) is 109 cm³/mol. The molecule has 5 aromatic rings. The molecule has 4 nitrogen and oxygen atoms in total. The Balaban J connectivity index is 1.85. The Labute approximate surface area is 159 Å². The van der Waals surface area contributed by atoms with Gasteiger partial charge in [-0.3, -0.25) is 0 Å². The first-order chi connectivity index (χ1) is 13.7. The zero-order valence-electron chi connectivity index (χ0n) is 14.7. The Morgan fingerprint density at radius 2 is 1.39 bits per heavy atom. The smallest absolute Gasteiger partial charge is 0.344 e. The second kappa shape index (κ2) is 6.35. The average Bonchev–Trinajstić information content (AvgIpc) is 2.73. The van der Waals surface area contributed by atoms with Gasteiger partial charge in [-0.2, -0.15) is 0 Å². The van der Waals surface area contributed by atoms with Crippen molar-refractivity contribution in [2.45, 2.75) is 0 Å². The summed E-state index contributed by atoms with van der Waals surface area (Å²) in [6.45, 7) is 0. The van der Waals surface area contributed by atoms with Crippen molar-refractivity contribution in [2.75, 3.05) is 0 Å². The third-order valence-electron chi connectivity index (χ3n) is 4.79. The molecular weight excluding hydrogens is 352 g/mol. The summed E-state index contributed by atoms with van der Waals surface area (Å²) in [7, 11) is 0. The lowest BCUT2D eigenvalue weighted by atomic mass is 9.97. The molecule has 0 fully saturated rings. The second-order valence-corrected chi connectivity index (χ2v) is 6.51. The second-order valence-electron chi connectivity index (χ2n) is 6.51. The van der Waals surface area contributed by atoms with E-state index in [0.29, 0.717) is 22.3 Å². The molecule has 0 aliphatic carbocycles. The maximum atomic E-state index is 12.6. The summed E-state index contributed by atoms with van der Waals surface area (Å²) in [4.78, 5) is 24.9. The molecule has 0 aliphatic heterocycles. The van der Waals surface area contributed by atoms with E-state index in [2.05, 4.69) is 0 Å². The van der Waals surface area contributed by atoms with E-state index in [1.807, 2.05) is 60.7 Å². The van der Waals surface area contributed by atoms with Gasteiger partial charge in [0.25, 0.3) is 0 Å². The minimum Gasteiger partial charge on any atom is -0.422 e. The van der Waals surface area contributed by atoms with Gasteiger partial charge in [0, 0.05) is 22.4 Å². The zero-order chi connectivity index (χ0) is 19.1. The van der Waals surface area contributed by atoms with Crippen LogP contribution in [0.1, 0.15) is 0 Å². The van der Waals surface area contributed by atoms with Gasteiger partial charge in [0.15, 0.2) is 0 Å². The van der Waals surface area contributed by atoms with E-state index in [1.54, 1.807) is 18.2 Å². The van der Waals surface area contributed by atoms with Crippen molar-refractivity contribution < 1.29 is 8.83 Å². The first-order valence-electron chi connectivity index (χ1n) is 8.86. The molecule has 0 spiro atoms. The van der Waals surface area contributed by atoms with Crippen LogP contribution in [0.15, 0.2) is 103 Å². The third kappa shape index (κ3) is 2.63. The normalized spacial score (nSPS) is 11.1. The lowest BCUT2D eigenvalue weighted by Gasteiger charge is -2.09. The highest BCUT2D eigenvalue weighted by molar-refractivity contribution is 6.01. The molecule has 2 aromatic heterocycles. The van der Waals surface area contributed by atoms with Gasteiger partial charge in [0.2, 0.25) is 0 Å². The Kier molecular flexibility index (Phi) is 3.69. The van der Waals surface area contributed by atoms with Crippen LogP contribution < -0.4 is 11.3 Å². The van der Waals surface area contributed by atoms with Crippen molar-refractivity contribution in [1.82, 2.24) is 0 Å². The molecule has 0 saturated heterocycles. The summed E-state index contributed by atoms with van der Waals surface area (Å²) >= 11 is 0. The van der Waals surface area contributed by atoms with Crippen molar-refractivity contribution in [3.8, 4) is 22.3 Å². The fourth-order valence-corrected chi connectivity index (χ4v) is 3.50. The molecular formula is C24H14O4. The number of hydrogen-bond donors (Lipinski definition) is 0. The molecule has 2 heterocycles. The van der Waals surface area contributed by atoms with Crippen molar-refractivity contribution >= 4 is 21.9 Å². The van der Waals surface area contributed by atoms with E-state index >= 15 is 0 Å². The molecule has 0 unspecified atom stereocenters.